The largest absolute Gasteiger partial charge is 0.385 e. The van der Waals surface area contributed by atoms with E-state index in [2.05, 4.69) is 77.3 Å². The smallest absolute Gasteiger partial charge is 0.196 e. The quantitative estimate of drug-likeness (QED) is 0.624. The van der Waals surface area contributed by atoms with Crippen LogP contribution in [0.4, 0.5) is 5.69 Å². The highest BCUT2D eigenvalue weighted by molar-refractivity contribution is 7.99. The number of benzene rings is 2. The van der Waals surface area contributed by atoms with Crippen molar-refractivity contribution in [3.63, 3.8) is 0 Å². The van der Waals surface area contributed by atoms with Gasteiger partial charge in [-0.05, 0) is 31.2 Å². The average molecular weight is 353 g/mol. The van der Waals surface area contributed by atoms with E-state index in [4.69, 9.17) is 0 Å². The molecule has 0 aliphatic rings. The lowest BCUT2D eigenvalue weighted by Gasteiger charge is -2.12. The van der Waals surface area contributed by atoms with E-state index in [-0.39, 0.29) is 0 Å². The molecule has 1 N–H and O–H groups in total. The van der Waals surface area contributed by atoms with Gasteiger partial charge in [0.15, 0.2) is 5.16 Å². The predicted molar refractivity (Wildman–Crippen MR) is 106 cm³/mol. The summed E-state index contributed by atoms with van der Waals surface area (Å²) in [5, 5.41) is 13.7. The van der Waals surface area contributed by atoms with Crippen molar-refractivity contribution in [3.05, 3.63) is 66.0 Å². The minimum Gasteiger partial charge on any atom is -0.385 e. The van der Waals surface area contributed by atoms with Crippen LogP contribution in [0.15, 0.2) is 59.8 Å². The third-order valence-corrected chi connectivity index (χ3v) is 4.73. The Hall–Kier alpha value is -2.27. The lowest BCUT2D eigenvalue weighted by atomic mass is 10.2. The van der Waals surface area contributed by atoms with Crippen LogP contribution in [0.1, 0.15) is 25.2 Å². The van der Waals surface area contributed by atoms with Crippen molar-refractivity contribution in [3.8, 4) is 5.69 Å². The molecule has 0 spiro atoms. The molecule has 2 aromatic carbocycles. The van der Waals surface area contributed by atoms with Crippen LogP contribution in [0.5, 0.6) is 0 Å². The Labute approximate surface area is 153 Å². The first-order chi connectivity index (χ1) is 12.1. The van der Waals surface area contributed by atoms with Gasteiger partial charge in [0.2, 0.25) is 0 Å². The number of nitrogens with zero attached hydrogens (tertiary/aromatic N) is 3. The zero-order valence-corrected chi connectivity index (χ0v) is 15.8. The number of rotatable bonds is 7. The van der Waals surface area contributed by atoms with E-state index in [0.29, 0.717) is 5.25 Å². The number of para-hydroxylation sites is 1. The van der Waals surface area contributed by atoms with E-state index >= 15 is 0 Å². The first-order valence-electron chi connectivity index (χ1n) is 8.60. The summed E-state index contributed by atoms with van der Waals surface area (Å²) in [6.07, 6.45) is 0.814. The van der Waals surface area contributed by atoms with E-state index in [9.17, 15) is 0 Å². The molecule has 0 aliphatic heterocycles. The second-order valence-electron chi connectivity index (χ2n) is 6.28. The molecule has 0 aliphatic carbocycles. The van der Waals surface area contributed by atoms with Crippen LogP contribution >= 0.6 is 11.8 Å². The van der Waals surface area contributed by atoms with E-state index in [1.54, 1.807) is 11.8 Å². The Morgan fingerprint density at radius 1 is 1.00 bits per heavy atom. The third kappa shape index (κ3) is 4.63. The summed E-state index contributed by atoms with van der Waals surface area (Å²) in [5.41, 5.74) is 3.51. The molecule has 0 radical (unpaired) electrons. The van der Waals surface area contributed by atoms with Crippen molar-refractivity contribution in [1.82, 2.24) is 14.8 Å². The van der Waals surface area contributed by atoms with Gasteiger partial charge in [0.05, 0.1) is 0 Å². The maximum atomic E-state index is 4.44. The molecule has 0 amide bonds. The van der Waals surface area contributed by atoms with Gasteiger partial charge in [-0.1, -0.05) is 61.5 Å². The Kier molecular flexibility index (Phi) is 5.76. The summed E-state index contributed by atoms with van der Waals surface area (Å²) < 4.78 is 2.17. The minimum atomic E-state index is 0.463. The molecule has 25 heavy (non-hydrogen) atoms. The van der Waals surface area contributed by atoms with Crippen LogP contribution < -0.4 is 5.32 Å². The van der Waals surface area contributed by atoms with Crippen LogP contribution in [0.2, 0.25) is 0 Å². The monoisotopic (exact) mass is 352 g/mol. The van der Waals surface area contributed by atoms with Crippen LogP contribution in [-0.2, 0) is 6.42 Å². The van der Waals surface area contributed by atoms with Crippen molar-refractivity contribution in [2.75, 3.05) is 11.9 Å². The maximum absolute atomic E-state index is 4.44. The second kappa shape index (κ2) is 8.21. The molecule has 0 saturated carbocycles. The fourth-order valence-corrected chi connectivity index (χ4v) is 3.40. The Morgan fingerprint density at radius 3 is 2.40 bits per heavy atom. The lowest BCUT2D eigenvalue weighted by Crippen LogP contribution is -2.10. The molecule has 0 saturated heterocycles. The SMILES string of the molecule is Cc1ccc(NCCc2nnc(SC(C)C)n2-c2ccccc2)cc1. The van der Waals surface area contributed by atoms with Crippen LogP contribution in [0.25, 0.3) is 5.69 Å². The number of aromatic nitrogens is 3. The summed E-state index contributed by atoms with van der Waals surface area (Å²) in [7, 11) is 0. The summed E-state index contributed by atoms with van der Waals surface area (Å²) in [4.78, 5) is 0. The molecule has 0 bridgehead atoms. The summed E-state index contributed by atoms with van der Waals surface area (Å²) in [5.74, 6) is 0.981. The number of aryl methyl sites for hydroxylation is 1. The van der Waals surface area contributed by atoms with E-state index in [1.165, 1.54) is 5.56 Å². The molecule has 0 fully saturated rings. The van der Waals surface area contributed by atoms with Crippen molar-refractivity contribution >= 4 is 17.4 Å². The van der Waals surface area contributed by atoms with E-state index in [0.717, 1.165) is 35.3 Å². The highest BCUT2D eigenvalue weighted by atomic mass is 32.2. The van der Waals surface area contributed by atoms with Crippen molar-refractivity contribution < 1.29 is 0 Å². The summed E-state index contributed by atoms with van der Waals surface area (Å²) in [6.45, 7) is 7.26. The molecule has 4 nitrogen and oxygen atoms in total. The molecule has 0 atom stereocenters. The maximum Gasteiger partial charge on any atom is 0.196 e. The van der Waals surface area contributed by atoms with Gasteiger partial charge in [0.1, 0.15) is 5.82 Å². The standard InChI is InChI=1S/C20H24N4S/c1-15(2)25-20-23-22-19(24(20)18-7-5-4-6-8-18)13-14-21-17-11-9-16(3)10-12-17/h4-12,15,21H,13-14H2,1-3H3. The van der Waals surface area contributed by atoms with E-state index in [1.807, 2.05) is 18.2 Å². The molecule has 130 valence electrons. The van der Waals surface area contributed by atoms with Crippen molar-refractivity contribution in [2.45, 2.75) is 37.6 Å². The van der Waals surface area contributed by atoms with Crippen molar-refractivity contribution in [1.29, 1.82) is 0 Å². The van der Waals surface area contributed by atoms with E-state index < -0.39 is 0 Å². The molecule has 1 aromatic heterocycles. The average Bonchev–Trinajstić information content (AvgIpc) is 2.99. The van der Waals surface area contributed by atoms with Crippen LogP contribution in [0, 0.1) is 6.92 Å². The van der Waals surface area contributed by atoms with Crippen molar-refractivity contribution in [2.24, 2.45) is 0 Å². The normalized spacial score (nSPS) is 11.0. The van der Waals surface area contributed by atoms with Crippen LogP contribution in [-0.4, -0.2) is 26.6 Å². The first-order valence-corrected chi connectivity index (χ1v) is 9.48. The topological polar surface area (TPSA) is 42.7 Å². The van der Waals surface area contributed by atoms with Gasteiger partial charge < -0.3 is 5.32 Å². The number of hydrogen-bond acceptors (Lipinski definition) is 4. The minimum absolute atomic E-state index is 0.463. The highest BCUT2D eigenvalue weighted by Gasteiger charge is 2.15. The zero-order chi connectivity index (χ0) is 17.6. The number of anilines is 1. The van der Waals surface area contributed by atoms with Gasteiger partial charge in [0.25, 0.3) is 0 Å². The molecule has 3 rings (SSSR count). The fourth-order valence-electron chi connectivity index (χ4n) is 2.58. The van der Waals surface area contributed by atoms with Gasteiger partial charge >= 0.3 is 0 Å². The van der Waals surface area contributed by atoms with Gasteiger partial charge in [0, 0.05) is 29.6 Å². The third-order valence-electron chi connectivity index (χ3n) is 3.79. The predicted octanol–water partition coefficient (Wildman–Crippen LogP) is 4.73. The zero-order valence-electron chi connectivity index (χ0n) is 14.9. The number of nitrogens with one attached hydrogen (secondary N) is 1. The summed E-state index contributed by atoms with van der Waals surface area (Å²) in [6, 6.07) is 18.8. The summed E-state index contributed by atoms with van der Waals surface area (Å²) >= 11 is 1.74. The van der Waals surface area contributed by atoms with Crippen LogP contribution in [0.3, 0.4) is 0 Å². The first kappa shape index (κ1) is 17.5. The van der Waals surface area contributed by atoms with Gasteiger partial charge in [-0.15, -0.1) is 10.2 Å². The molecule has 1 heterocycles. The molecule has 0 unspecified atom stereocenters. The Balaban J connectivity index is 1.76. The second-order valence-corrected chi connectivity index (χ2v) is 7.82. The Morgan fingerprint density at radius 2 is 1.72 bits per heavy atom. The number of thioether (sulfide) groups is 1. The molecular weight excluding hydrogens is 328 g/mol. The van der Waals surface area contributed by atoms with Gasteiger partial charge in [-0.25, -0.2) is 0 Å². The van der Waals surface area contributed by atoms with Gasteiger partial charge in [-0.3, -0.25) is 4.57 Å². The van der Waals surface area contributed by atoms with Gasteiger partial charge in [-0.2, -0.15) is 0 Å². The molecular formula is C20H24N4S. The number of hydrogen-bond donors (Lipinski definition) is 1. The fraction of sp³-hybridized carbons (Fsp3) is 0.300. The molecule has 5 heteroatoms. The Bertz CT molecular complexity index is 794. The highest BCUT2D eigenvalue weighted by Crippen LogP contribution is 2.25. The molecule has 3 aromatic rings. The lowest BCUT2D eigenvalue weighted by molar-refractivity contribution is 0.816.